The molecule has 0 fully saturated rings. The van der Waals surface area contributed by atoms with Crippen molar-refractivity contribution in [1.29, 1.82) is 0 Å². The number of thiazole rings is 1. The third kappa shape index (κ3) is 3.32. The zero-order valence-electron chi connectivity index (χ0n) is 12.2. The van der Waals surface area contributed by atoms with E-state index >= 15 is 0 Å². The van der Waals surface area contributed by atoms with Gasteiger partial charge in [0.25, 0.3) is 5.88 Å². The molecule has 2 N–H and O–H groups in total. The molecule has 0 aliphatic rings. The highest BCUT2D eigenvalue weighted by atomic mass is 32.1. The Hall–Kier alpha value is -2.62. The summed E-state index contributed by atoms with van der Waals surface area (Å²) in [5.74, 6) is -0.519. The summed E-state index contributed by atoms with van der Waals surface area (Å²) in [5, 5.41) is 20.4. The van der Waals surface area contributed by atoms with Crippen molar-refractivity contribution < 1.29 is 22.9 Å². The summed E-state index contributed by atoms with van der Waals surface area (Å²) in [6.07, 6.45) is -4.46. The van der Waals surface area contributed by atoms with Crippen LogP contribution in [0.5, 0.6) is 5.88 Å². The average molecular weight is 356 g/mol. The lowest BCUT2D eigenvalue weighted by Gasteiger charge is -2.09. The number of alkyl halides is 3. The van der Waals surface area contributed by atoms with E-state index in [1.807, 2.05) is 6.92 Å². The van der Waals surface area contributed by atoms with Crippen LogP contribution >= 0.6 is 11.3 Å². The number of aromatic nitrogens is 3. The van der Waals surface area contributed by atoms with Gasteiger partial charge in [-0.05, 0) is 22.9 Å². The topological polar surface area (TPSA) is 84.1 Å². The zero-order chi connectivity index (χ0) is 17.3. The molecule has 3 aromatic rings. The molecule has 0 unspecified atom stereocenters. The average Bonchev–Trinajstić information content (AvgIpc) is 3.16. The highest BCUT2D eigenvalue weighted by molar-refractivity contribution is 7.13. The van der Waals surface area contributed by atoms with Gasteiger partial charge in [-0.1, -0.05) is 24.2 Å². The van der Waals surface area contributed by atoms with Gasteiger partial charge in [0.05, 0.1) is 0 Å². The third-order valence-electron chi connectivity index (χ3n) is 3.36. The number of hydrogen-bond acceptors (Lipinski definition) is 7. The smallest absolute Gasteiger partial charge is 0.434 e. The first-order valence-electron chi connectivity index (χ1n) is 6.75. The van der Waals surface area contributed by atoms with E-state index in [0.717, 1.165) is 22.3 Å². The molecule has 1 aromatic carbocycles. The van der Waals surface area contributed by atoms with Crippen LogP contribution in [0.2, 0.25) is 0 Å². The molecule has 24 heavy (non-hydrogen) atoms. The largest absolute Gasteiger partial charge is 0.490 e. The molecule has 0 amide bonds. The lowest BCUT2D eigenvalue weighted by atomic mass is 9.98. The number of rotatable bonds is 4. The second kappa shape index (κ2) is 6.11. The second-order valence-electron chi connectivity index (χ2n) is 4.98. The van der Waals surface area contributed by atoms with Gasteiger partial charge in [0.1, 0.15) is 0 Å². The van der Waals surface area contributed by atoms with Crippen molar-refractivity contribution >= 4 is 22.2 Å². The van der Waals surface area contributed by atoms with Crippen LogP contribution in [0, 0.1) is 0 Å². The fourth-order valence-electron chi connectivity index (χ4n) is 2.06. The van der Waals surface area contributed by atoms with Gasteiger partial charge in [-0.3, -0.25) is 0 Å². The van der Waals surface area contributed by atoms with E-state index < -0.39 is 11.9 Å². The maximum Gasteiger partial charge on any atom is 0.434 e. The minimum Gasteiger partial charge on any atom is -0.490 e. The first-order valence-corrected chi connectivity index (χ1v) is 7.63. The SMILES string of the molecule is C[C@H](c1ccc(Nc2nc(C(F)(F)F)cs2)cc1)c1nonc1O. The van der Waals surface area contributed by atoms with Crippen LogP contribution < -0.4 is 5.32 Å². The van der Waals surface area contributed by atoms with Crippen LogP contribution in [0.3, 0.4) is 0 Å². The van der Waals surface area contributed by atoms with Crippen LogP contribution in [0.1, 0.15) is 29.8 Å². The van der Waals surface area contributed by atoms with Gasteiger partial charge < -0.3 is 10.4 Å². The summed E-state index contributed by atoms with van der Waals surface area (Å²) in [7, 11) is 0. The normalized spacial score (nSPS) is 13.0. The van der Waals surface area contributed by atoms with E-state index in [1.54, 1.807) is 24.3 Å². The van der Waals surface area contributed by atoms with E-state index in [4.69, 9.17) is 0 Å². The van der Waals surface area contributed by atoms with Crippen molar-refractivity contribution in [3.63, 3.8) is 0 Å². The number of benzene rings is 1. The van der Waals surface area contributed by atoms with Crippen molar-refractivity contribution in [3.8, 4) is 5.88 Å². The highest BCUT2D eigenvalue weighted by Gasteiger charge is 2.33. The lowest BCUT2D eigenvalue weighted by molar-refractivity contribution is -0.140. The molecule has 10 heteroatoms. The Morgan fingerprint density at radius 3 is 2.46 bits per heavy atom. The van der Waals surface area contributed by atoms with E-state index in [-0.39, 0.29) is 16.9 Å². The molecular weight excluding hydrogens is 345 g/mol. The molecule has 2 aromatic heterocycles. The van der Waals surface area contributed by atoms with Crippen LogP contribution in [-0.4, -0.2) is 20.4 Å². The van der Waals surface area contributed by atoms with Crippen LogP contribution in [0.15, 0.2) is 34.3 Å². The number of aromatic hydroxyl groups is 1. The molecule has 0 saturated heterocycles. The summed E-state index contributed by atoms with van der Waals surface area (Å²) < 4.78 is 42.0. The molecule has 0 bridgehead atoms. The maximum atomic E-state index is 12.5. The fraction of sp³-hybridized carbons (Fsp3) is 0.214. The quantitative estimate of drug-likeness (QED) is 0.731. The Morgan fingerprint density at radius 2 is 1.92 bits per heavy atom. The summed E-state index contributed by atoms with van der Waals surface area (Å²) in [6.45, 7) is 1.82. The van der Waals surface area contributed by atoms with Crippen LogP contribution in [0.4, 0.5) is 24.0 Å². The van der Waals surface area contributed by atoms with Crippen LogP contribution in [-0.2, 0) is 6.18 Å². The molecular formula is C14H11F3N4O2S. The molecule has 0 radical (unpaired) electrons. The predicted molar refractivity (Wildman–Crippen MR) is 80.3 cm³/mol. The highest BCUT2D eigenvalue weighted by Crippen LogP contribution is 2.33. The van der Waals surface area contributed by atoms with Gasteiger partial charge in [-0.2, -0.15) is 13.2 Å². The Morgan fingerprint density at radius 1 is 1.21 bits per heavy atom. The molecule has 126 valence electrons. The summed E-state index contributed by atoms with van der Waals surface area (Å²) in [5.41, 5.74) is 0.817. The van der Waals surface area contributed by atoms with E-state index in [0.29, 0.717) is 11.4 Å². The minimum absolute atomic E-state index is 0.154. The number of halogens is 3. The minimum atomic E-state index is -4.46. The standard InChI is InChI=1S/C14H11F3N4O2S/c1-7(11-12(22)21-23-20-11)8-2-4-9(5-3-8)18-13-19-10(6-24-13)14(15,16)17/h2-7H,1H3,(H,18,19)(H,21,22)/t7-/m1/s1. The molecule has 0 aliphatic heterocycles. The van der Waals surface area contributed by atoms with Crippen molar-refractivity contribution in [3.05, 3.63) is 46.6 Å². The summed E-state index contributed by atoms with van der Waals surface area (Å²) >= 11 is 0.876. The molecule has 1 atom stereocenters. The Balaban J connectivity index is 1.73. The van der Waals surface area contributed by atoms with Gasteiger partial charge >= 0.3 is 6.18 Å². The fourth-order valence-corrected chi connectivity index (χ4v) is 2.80. The Bertz CT molecular complexity index is 829. The summed E-state index contributed by atoms with van der Waals surface area (Å²) in [6, 6.07) is 6.93. The maximum absolute atomic E-state index is 12.5. The third-order valence-corrected chi connectivity index (χ3v) is 4.12. The Labute approximate surface area is 137 Å². The number of nitrogens with one attached hydrogen (secondary N) is 1. The number of hydrogen-bond donors (Lipinski definition) is 2. The van der Waals surface area contributed by atoms with Crippen molar-refractivity contribution in [2.75, 3.05) is 5.32 Å². The predicted octanol–water partition coefficient (Wildman–Crippen LogP) is 4.15. The molecule has 0 saturated carbocycles. The molecule has 2 heterocycles. The molecule has 0 aliphatic carbocycles. The second-order valence-corrected chi connectivity index (χ2v) is 5.84. The van der Waals surface area contributed by atoms with Gasteiger partial charge in [0, 0.05) is 17.0 Å². The van der Waals surface area contributed by atoms with Gasteiger partial charge in [0.15, 0.2) is 16.5 Å². The van der Waals surface area contributed by atoms with Gasteiger partial charge in [0.2, 0.25) is 0 Å². The van der Waals surface area contributed by atoms with Crippen LogP contribution in [0.25, 0.3) is 0 Å². The van der Waals surface area contributed by atoms with E-state index in [9.17, 15) is 18.3 Å². The van der Waals surface area contributed by atoms with Gasteiger partial charge in [-0.15, -0.1) is 11.3 Å². The van der Waals surface area contributed by atoms with Crippen molar-refractivity contribution in [2.24, 2.45) is 0 Å². The Kier molecular flexibility index (Phi) is 4.14. The molecule has 6 nitrogen and oxygen atoms in total. The lowest BCUT2D eigenvalue weighted by Crippen LogP contribution is -2.05. The van der Waals surface area contributed by atoms with E-state index in [1.165, 1.54) is 0 Å². The number of anilines is 2. The van der Waals surface area contributed by atoms with E-state index in [2.05, 4.69) is 25.2 Å². The van der Waals surface area contributed by atoms with Crippen molar-refractivity contribution in [2.45, 2.75) is 19.0 Å². The monoisotopic (exact) mass is 356 g/mol. The molecule has 0 spiro atoms. The molecule has 3 rings (SSSR count). The first-order chi connectivity index (χ1) is 11.3. The first kappa shape index (κ1) is 16.2. The van der Waals surface area contributed by atoms with Crippen molar-refractivity contribution in [1.82, 2.24) is 15.3 Å². The van der Waals surface area contributed by atoms with Gasteiger partial charge in [-0.25, -0.2) is 9.61 Å². The number of nitrogens with zero attached hydrogens (tertiary/aromatic N) is 3. The summed E-state index contributed by atoms with van der Waals surface area (Å²) in [4.78, 5) is 3.51. The zero-order valence-corrected chi connectivity index (χ0v) is 13.0.